The first-order valence-electron chi connectivity index (χ1n) is 10.4. The Morgan fingerprint density at radius 2 is 1.79 bits per heavy atom. The molecule has 6 nitrogen and oxygen atoms in total. The highest BCUT2D eigenvalue weighted by atomic mass is 16.5. The molecule has 1 heterocycles. The van der Waals surface area contributed by atoms with Gasteiger partial charge in [0.15, 0.2) is 0 Å². The van der Waals surface area contributed by atoms with Gasteiger partial charge in [0.2, 0.25) is 11.8 Å². The number of nitrogens with zero attached hydrogens (tertiary/aromatic N) is 1. The highest BCUT2D eigenvalue weighted by molar-refractivity contribution is 5.92. The number of carbonyl (C=O) groups excluding carboxylic acids is 2. The summed E-state index contributed by atoms with van der Waals surface area (Å²) in [6.07, 6.45) is 0.256. The number of fused-ring (bicyclic) bond motifs is 1. The van der Waals surface area contributed by atoms with Crippen molar-refractivity contribution in [3.05, 3.63) is 48.0 Å². The monoisotopic (exact) mass is 397 g/mol. The minimum absolute atomic E-state index is 0.00912. The first kappa shape index (κ1) is 21.3. The molecule has 0 aromatic heterocycles. The van der Waals surface area contributed by atoms with Crippen molar-refractivity contribution in [2.75, 3.05) is 39.4 Å². The minimum atomic E-state index is -0.540. The Kier molecular flexibility index (Phi) is 7.61. The molecule has 6 heteroatoms. The van der Waals surface area contributed by atoms with Crippen LogP contribution in [0.15, 0.2) is 42.5 Å². The summed E-state index contributed by atoms with van der Waals surface area (Å²) in [7, 11) is 0. The summed E-state index contributed by atoms with van der Waals surface area (Å²) in [6, 6.07) is 13.5. The van der Waals surface area contributed by atoms with Gasteiger partial charge >= 0.3 is 0 Å². The zero-order chi connectivity index (χ0) is 20.6. The van der Waals surface area contributed by atoms with Crippen molar-refractivity contribution in [2.24, 2.45) is 5.92 Å². The van der Waals surface area contributed by atoms with Gasteiger partial charge in [-0.15, -0.1) is 0 Å². The summed E-state index contributed by atoms with van der Waals surface area (Å²) < 4.78 is 5.34. The molecule has 0 unspecified atom stereocenters. The van der Waals surface area contributed by atoms with Crippen LogP contribution in [0, 0.1) is 5.92 Å². The quantitative estimate of drug-likeness (QED) is 0.715. The van der Waals surface area contributed by atoms with Gasteiger partial charge < -0.3 is 15.4 Å². The van der Waals surface area contributed by atoms with Crippen LogP contribution in [-0.2, 0) is 20.7 Å². The molecule has 2 aromatic rings. The molecule has 1 fully saturated rings. The topological polar surface area (TPSA) is 70.7 Å². The summed E-state index contributed by atoms with van der Waals surface area (Å²) in [5, 5.41) is 8.09. The molecule has 0 spiro atoms. The molecule has 0 aliphatic carbocycles. The lowest BCUT2D eigenvalue weighted by Gasteiger charge is -2.27. The number of ether oxygens (including phenoxy) is 1. The van der Waals surface area contributed by atoms with Crippen LogP contribution in [0.2, 0.25) is 0 Å². The van der Waals surface area contributed by atoms with E-state index in [1.54, 1.807) is 0 Å². The van der Waals surface area contributed by atoms with Crippen LogP contribution < -0.4 is 10.6 Å². The van der Waals surface area contributed by atoms with Gasteiger partial charge in [-0.1, -0.05) is 56.3 Å². The SMILES string of the molecule is CC(C)[C@H](NC(=O)Cc1cccc2ccccc12)C(=O)NCCN1CCOCC1. The van der Waals surface area contributed by atoms with Crippen LogP contribution in [0.4, 0.5) is 0 Å². The number of hydrogen-bond acceptors (Lipinski definition) is 4. The summed E-state index contributed by atoms with van der Waals surface area (Å²) in [5.74, 6) is -0.252. The normalized spacial score (nSPS) is 16.0. The zero-order valence-corrected chi connectivity index (χ0v) is 17.3. The Hall–Kier alpha value is -2.44. The summed E-state index contributed by atoms with van der Waals surface area (Å²) >= 11 is 0. The largest absolute Gasteiger partial charge is 0.379 e. The van der Waals surface area contributed by atoms with E-state index in [1.807, 2.05) is 56.3 Å². The maximum Gasteiger partial charge on any atom is 0.242 e. The molecular formula is C23H31N3O3. The molecule has 0 radical (unpaired) electrons. The second-order valence-electron chi connectivity index (χ2n) is 7.85. The van der Waals surface area contributed by atoms with E-state index in [0.717, 1.165) is 49.2 Å². The standard InChI is InChI=1S/C23H31N3O3/c1-17(2)22(23(28)24-10-11-26-12-14-29-15-13-26)25-21(27)16-19-8-5-7-18-6-3-4-9-20(18)19/h3-9,17,22H,10-16H2,1-2H3,(H,24,28)(H,25,27)/t22-/m0/s1. The van der Waals surface area contributed by atoms with Crippen LogP contribution in [0.5, 0.6) is 0 Å². The molecule has 29 heavy (non-hydrogen) atoms. The summed E-state index contributed by atoms with van der Waals surface area (Å²) in [4.78, 5) is 27.6. The fourth-order valence-corrected chi connectivity index (χ4v) is 3.65. The van der Waals surface area contributed by atoms with E-state index in [4.69, 9.17) is 4.74 Å². The van der Waals surface area contributed by atoms with Crippen LogP contribution >= 0.6 is 0 Å². The van der Waals surface area contributed by atoms with Gasteiger partial charge in [-0.2, -0.15) is 0 Å². The highest BCUT2D eigenvalue weighted by Crippen LogP contribution is 2.19. The molecule has 1 atom stereocenters. The second-order valence-corrected chi connectivity index (χ2v) is 7.85. The van der Waals surface area contributed by atoms with E-state index in [0.29, 0.717) is 6.54 Å². The fourth-order valence-electron chi connectivity index (χ4n) is 3.65. The lowest BCUT2D eigenvalue weighted by atomic mass is 10.0. The van der Waals surface area contributed by atoms with Crippen molar-refractivity contribution in [1.29, 1.82) is 0 Å². The van der Waals surface area contributed by atoms with Crippen molar-refractivity contribution in [3.8, 4) is 0 Å². The highest BCUT2D eigenvalue weighted by Gasteiger charge is 2.24. The van der Waals surface area contributed by atoms with Crippen LogP contribution in [0.3, 0.4) is 0 Å². The van der Waals surface area contributed by atoms with E-state index in [2.05, 4.69) is 15.5 Å². The number of nitrogens with one attached hydrogen (secondary N) is 2. The Morgan fingerprint density at radius 3 is 2.55 bits per heavy atom. The van der Waals surface area contributed by atoms with Crippen molar-refractivity contribution >= 4 is 22.6 Å². The van der Waals surface area contributed by atoms with Crippen LogP contribution in [0.25, 0.3) is 10.8 Å². The Balaban J connectivity index is 1.54. The number of morpholine rings is 1. The van der Waals surface area contributed by atoms with E-state index < -0.39 is 6.04 Å². The maximum absolute atomic E-state index is 12.7. The van der Waals surface area contributed by atoms with Gasteiger partial charge in [0, 0.05) is 26.2 Å². The molecule has 0 saturated carbocycles. The zero-order valence-electron chi connectivity index (χ0n) is 17.3. The average molecular weight is 398 g/mol. The molecule has 1 aliphatic rings. The van der Waals surface area contributed by atoms with Crippen molar-refractivity contribution in [2.45, 2.75) is 26.3 Å². The van der Waals surface area contributed by atoms with Gasteiger partial charge in [-0.05, 0) is 22.3 Å². The molecule has 156 valence electrons. The summed E-state index contributed by atoms with van der Waals surface area (Å²) in [5.41, 5.74) is 0.968. The summed E-state index contributed by atoms with van der Waals surface area (Å²) in [6.45, 7) is 8.54. The van der Waals surface area contributed by atoms with E-state index in [-0.39, 0.29) is 24.2 Å². The first-order chi connectivity index (χ1) is 14.0. The predicted octanol–water partition coefficient (Wildman–Crippen LogP) is 1.97. The fraction of sp³-hybridized carbons (Fsp3) is 0.478. The van der Waals surface area contributed by atoms with Gasteiger partial charge in [0.1, 0.15) is 6.04 Å². The first-order valence-corrected chi connectivity index (χ1v) is 10.4. The van der Waals surface area contributed by atoms with Crippen LogP contribution in [-0.4, -0.2) is 62.1 Å². The molecule has 3 rings (SSSR count). The van der Waals surface area contributed by atoms with Gasteiger partial charge in [-0.25, -0.2) is 0 Å². The van der Waals surface area contributed by atoms with Crippen molar-refractivity contribution in [1.82, 2.24) is 15.5 Å². The second kappa shape index (κ2) is 10.4. The Labute approximate surface area is 172 Å². The average Bonchev–Trinajstić information content (AvgIpc) is 2.73. The molecule has 2 aromatic carbocycles. The third-order valence-electron chi connectivity index (χ3n) is 5.33. The van der Waals surface area contributed by atoms with E-state index >= 15 is 0 Å². The number of hydrogen-bond donors (Lipinski definition) is 2. The molecule has 2 N–H and O–H groups in total. The molecule has 1 saturated heterocycles. The lowest BCUT2D eigenvalue weighted by molar-refractivity contribution is -0.129. The molecule has 1 aliphatic heterocycles. The number of carbonyl (C=O) groups is 2. The third-order valence-corrected chi connectivity index (χ3v) is 5.33. The minimum Gasteiger partial charge on any atom is -0.379 e. The number of benzene rings is 2. The molecular weight excluding hydrogens is 366 g/mol. The van der Waals surface area contributed by atoms with Gasteiger partial charge in [-0.3, -0.25) is 14.5 Å². The number of rotatable bonds is 8. The predicted molar refractivity (Wildman–Crippen MR) is 115 cm³/mol. The Morgan fingerprint density at radius 1 is 1.07 bits per heavy atom. The van der Waals surface area contributed by atoms with Gasteiger partial charge in [0.05, 0.1) is 19.6 Å². The van der Waals surface area contributed by atoms with Crippen molar-refractivity contribution < 1.29 is 14.3 Å². The molecule has 2 amide bonds. The van der Waals surface area contributed by atoms with Gasteiger partial charge in [0.25, 0.3) is 0 Å². The van der Waals surface area contributed by atoms with Crippen molar-refractivity contribution in [3.63, 3.8) is 0 Å². The lowest BCUT2D eigenvalue weighted by Crippen LogP contribution is -2.51. The smallest absolute Gasteiger partial charge is 0.242 e. The van der Waals surface area contributed by atoms with Crippen LogP contribution in [0.1, 0.15) is 19.4 Å². The van der Waals surface area contributed by atoms with E-state index in [1.165, 1.54) is 0 Å². The maximum atomic E-state index is 12.7. The molecule has 0 bridgehead atoms. The third kappa shape index (κ3) is 6.02. The Bertz CT molecular complexity index is 826. The van der Waals surface area contributed by atoms with E-state index in [9.17, 15) is 9.59 Å². The number of amides is 2.